The highest BCUT2D eigenvalue weighted by atomic mass is 35.5. The van der Waals surface area contributed by atoms with Gasteiger partial charge in [-0.05, 0) is 49.2 Å². The van der Waals surface area contributed by atoms with E-state index in [0.717, 1.165) is 41.7 Å². The molecule has 0 N–H and O–H groups in total. The third-order valence-electron chi connectivity index (χ3n) is 5.50. The number of aromatic nitrogens is 5. The number of hydrogen-bond acceptors (Lipinski definition) is 7. The summed E-state index contributed by atoms with van der Waals surface area (Å²) in [5.41, 5.74) is 2.01. The lowest BCUT2D eigenvalue weighted by atomic mass is 10.2. The van der Waals surface area contributed by atoms with Crippen LogP contribution in [0.25, 0.3) is 17.0 Å². The summed E-state index contributed by atoms with van der Waals surface area (Å²) >= 11 is 7.50. The van der Waals surface area contributed by atoms with E-state index >= 15 is 0 Å². The molecule has 3 aromatic heterocycles. The van der Waals surface area contributed by atoms with Gasteiger partial charge in [0.15, 0.2) is 11.0 Å². The molecule has 8 nitrogen and oxygen atoms in total. The summed E-state index contributed by atoms with van der Waals surface area (Å²) in [7, 11) is 1.64. The summed E-state index contributed by atoms with van der Waals surface area (Å²) in [4.78, 5) is 17.1. The van der Waals surface area contributed by atoms with E-state index in [4.69, 9.17) is 21.1 Å². The average Bonchev–Trinajstić information content (AvgIpc) is 3.49. The Hall–Kier alpha value is -2.88. The van der Waals surface area contributed by atoms with Crippen LogP contribution in [0.1, 0.15) is 18.5 Å². The molecule has 4 aromatic rings. The fourth-order valence-electron chi connectivity index (χ4n) is 3.84. The van der Waals surface area contributed by atoms with Crippen LogP contribution >= 0.6 is 23.4 Å². The summed E-state index contributed by atoms with van der Waals surface area (Å²) in [5.74, 6) is 2.05. The molecule has 5 rings (SSSR count). The van der Waals surface area contributed by atoms with Crippen molar-refractivity contribution in [3.63, 3.8) is 0 Å². The van der Waals surface area contributed by atoms with Crippen molar-refractivity contribution in [2.45, 2.75) is 36.4 Å². The summed E-state index contributed by atoms with van der Waals surface area (Å²) in [6, 6.07) is 12.7. The van der Waals surface area contributed by atoms with Crippen molar-refractivity contribution in [1.82, 2.24) is 24.1 Å². The lowest BCUT2D eigenvalue weighted by Crippen LogP contribution is -2.17. The highest BCUT2D eigenvalue weighted by Crippen LogP contribution is 2.29. The first kappa shape index (κ1) is 21.9. The van der Waals surface area contributed by atoms with Gasteiger partial charge in [0.1, 0.15) is 11.4 Å². The first-order chi connectivity index (χ1) is 16.1. The third kappa shape index (κ3) is 4.75. The number of fused-ring (bicyclic) bond motifs is 1. The van der Waals surface area contributed by atoms with Gasteiger partial charge in [0, 0.05) is 30.2 Å². The normalized spacial score (nSPS) is 15.9. The number of methoxy groups -OCH3 is 1. The molecule has 0 bridgehead atoms. The SMILES string of the molecule is COc1ccc(-c2nnc(SCc3cc(=O)n4cc(Cl)ccc4n3)n2CC2CCCO2)cc1. The minimum Gasteiger partial charge on any atom is -0.497 e. The minimum atomic E-state index is -0.169. The molecule has 0 aliphatic carbocycles. The average molecular weight is 484 g/mol. The molecule has 0 saturated carbocycles. The molecule has 10 heteroatoms. The number of pyridine rings is 1. The van der Waals surface area contributed by atoms with Crippen molar-refractivity contribution in [3.05, 3.63) is 69.7 Å². The van der Waals surface area contributed by atoms with E-state index < -0.39 is 0 Å². The Morgan fingerprint density at radius 1 is 1.21 bits per heavy atom. The highest BCUT2D eigenvalue weighted by Gasteiger charge is 2.22. The summed E-state index contributed by atoms with van der Waals surface area (Å²) < 4.78 is 14.7. The number of nitrogens with zero attached hydrogens (tertiary/aromatic N) is 5. The van der Waals surface area contributed by atoms with Gasteiger partial charge in [-0.25, -0.2) is 4.98 Å². The van der Waals surface area contributed by atoms with Crippen LogP contribution in [0.2, 0.25) is 5.02 Å². The number of thioether (sulfide) groups is 1. The quantitative estimate of drug-likeness (QED) is 0.366. The smallest absolute Gasteiger partial charge is 0.258 e. The summed E-state index contributed by atoms with van der Waals surface area (Å²) in [6.07, 6.45) is 3.77. The van der Waals surface area contributed by atoms with Crippen molar-refractivity contribution in [2.24, 2.45) is 0 Å². The van der Waals surface area contributed by atoms with Crippen LogP contribution in [-0.4, -0.2) is 44.0 Å². The first-order valence-electron chi connectivity index (χ1n) is 10.6. The van der Waals surface area contributed by atoms with Gasteiger partial charge in [0.25, 0.3) is 5.56 Å². The van der Waals surface area contributed by atoms with E-state index in [9.17, 15) is 4.79 Å². The maximum atomic E-state index is 12.5. The van der Waals surface area contributed by atoms with E-state index in [-0.39, 0.29) is 11.7 Å². The summed E-state index contributed by atoms with van der Waals surface area (Å²) in [5, 5.41) is 10.2. The largest absolute Gasteiger partial charge is 0.497 e. The molecule has 1 fully saturated rings. The molecule has 1 atom stereocenters. The molecule has 1 aromatic carbocycles. The minimum absolute atomic E-state index is 0.130. The van der Waals surface area contributed by atoms with Crippen molar-refractivity contribution in [3.8, 4) is 17.1 Å². The van der Waals surface area contributed by atoms with E-state index in [1.807, 2.05) is 24.3 Å². The molecule has 1 unspecified atom stereocenters. The van der Waals surface area contributed by atoms with Crippen LogP contribution in [0.5, 0.6) is 5.75 Å². The maximum absolute atomic E-state index is 12.5. The zero-order valence-electron chi connectivity index (χ0n) is 18.0. The van der Waals surface area contributed by atoms with Gasteiger partial charge in [-0.2, -0.15) is 0 Å². The van der Waals surface area contributed by atoms with Crippen molar-refractivity contribution in [2.75, 3.05) is 13.7 Å². The first-order valence-corrected chi connectivity index (χ1v) is 12.0. The Balaban J connectivity index is 1.43. The van der Waals surface area contributed by atoms with Gasteiger partial charge < -0.3 is 9.47 Å². The molecule has 0 amide bonds. The van der Waals surface area contributed by atoms with Gasteiger partial charge in [0.05, 0.1) is 30.5 Å². The number of hydrogen-bond donors (Lipinski definition) is 0. The molecule has 1 aliphatic heterocycles. The predicted molar refractivity (Wildman–Crippen MR) is 127 cm³/mol. The fraction of sp³-hybridized carbons (Fsp3) is 0.304. The van der Waals surface area contributed by atoms with Gasteiger partial charge in [-0.1, -0.05) is 23.4 Å². The number of halogens is 1. The van der Waals surface area contributed by atoms with Crippen LogP contribution in [0.15, 0.2) is 58.6 Å². The Labute approximate surface area is 199 Å². The van der Waals surface area contributed by atoms with Crippen molar-refractivity contribution in [1.29, 1.82) is 0 Å². The second kappa shape index (κ2) is 9.54. The highest BCUT2D eigenvalue weighted by molar-refractivity contribution is 7.98. The number of ether oxygens (including phenoxy) is 2. The molecule has 0 radical (unpaired) electrons. The standard InChI is InChI=1S/C23H22ClN5O3S/c1-31-18-7-4-15(5-8-18)22-26-27-23(29(22)13-19-3-2-10-32-19)33-14-17-11-21(30)28-12-16(24)6-9-20(28)25-17/h4-9,11-12,19H,2-3,10,13-14H2,1H3. The van der Waals surface area contributed by atoms with E-state index in [1.54, 1.807) is 25.4 Å². The Morgan fingerprint density at radius 3 is 2.82 bits per heavy atom. The lowest BCUT2D eigenvalue weighted by Gasteiger charge is -2.15. The second-order valence-corrected chi connectivity index (χ2v) is 9.11. The number of rotatable bonds is 7. The van der Waals surface area contributed by atoms with Gasteiger partial charge in [0.2, 0.25) is 0 Å². The molecule has 170 valence electrons. The zero-order valence-corrected chi connectivity index (χ0v) is 19.6. The van der Waals surface area contributed by atoms with Gasteiger partial charge >= 0.3 is 0 Å². The van der Waals surface area contributed by atoms with Crippen LogP contribution in [0, 0.1) is 0 Å². The topological polar surface area (TPSA) is 83.5 Å². The van der Waals surface area contributed by atoms with Crippen LogP contribution < -0.4 is 10.3 Å². The fourth-order valence-corrected chi connectivity index (χ4v) is 4.85. The molecule has 0 spiro atoms. The van der Waals surface area contributed by atoms with E-state index in [0.29, 0.717) is 28.7 Å². The third-order valence-corrected chi connectivity index (χ3v) is 6.72. The van der Waals surface area contributed by atoms with E-state index in [2.05, 4.69) is 19.7 Å². The monoisotopic (exact) mass is 483 g/mol. The molecule has 33 heavy (non-hydrogen) atoms. The second-order valence-electron chi connectivity index (χ2n) is 7.73. The zero-order chi connectivity index (χ0) is 22.8. The lowest BCUT2D eigenvalue weighted by molar-refractivity contribution is 0.0953. The van der Waals surface area contributed by atoms with Crippen molar-refractivity contribution >= 4 is 29.0 Å². The predicted octanol–water partition coefficient (Wildman–Crippen LogP) is 4.09. The van der Waals surface area contributed by atoms with Crippen LogP contribution in [0.3, 0.4) is 0 Å². The maximum Gasteiger partial charge on any atom is 0.258 e. The van der Waals surface area contributed by atoms with Crippen molar-refractivity contribution < 1.29 is 9.47 Å². The van der Waals surface area contributed by atoms with Gasteiger partial charge in [-0.3, -0.25) is 13.8 Å². The Bertz CT molecular complexity index is 1330. The molecule has 1 aliphatic rings. The molecular formula is C23H22ClN5O3S. The van der Waals surface area contributed by atoms with Crippen LogP contribution in [0.4, 0.5) is 0 Å². The Morgan fingerprint density at radius 2 is 2.06 bits per heavy atom. The van der Waals surface area contributed by atoms with Crippen LogP contribution in [-0.2, 0) is 17.0 Å². The summed E-state index contributed by atoms with van der Waals surface area (Å²) in [6.45, 7) is 1.45. The molecule has 4 heterocycles. The van der Waals surface area contributed by atoms with Gasteiger partial charge in [-0.15, -0.1) is 10.2 Å². The number of benzene rings is 1. The Kier molecular flexibility index (Phi) is 6.34. The molecular weight excluding hydrogens is 462 g/mol. The van der Waals surface area contributed by atoms with E-state index in [1.165, 1.54) is 22.2 Å². The molecule has 1 saturated heterocycles.